The Morgan fingerprint density at radius 3 is 2.71 bits per heavy atom. The highest BCUT2D eigenvalue weighted by molar-refractivity contribution is 5.53. The molecule has 1 heterocycles. The number of hydrogen-bond acceptors (Lipinski definition) is 2. The minimum Gasteiger partial charge on any atom is -0.508 e. The lowest BCUT2D eigenvalue weighted by Crippen LogP contribution is -2.38. The molecule has 0 spiro atoms. The van der Waals surface area contributed by atoms with Crippen molar-refractivity contribution in [1.82, 2.24) is 0 Å². The summed E-state index contributed by atoms with van der Waals surface area (Å²) < 4.78 is 6.31. The summed E-state index contributed by atoms with van der Waals surface area (Å²) in [6.45, 7) is 9.07. The highest BCUT2D eigenvalue weighted by Gasteiger charge is 2.47. The molecule has 2 nitrogen and oxygen atoms in total. The fraction of sp³-hybridized carbons (Fsp3) is 0.684. The first-order chi connectivity index (χ1) is 10.0. The molecule has 1 fully saturated rings. The van der Waals surface area contributed by atoms with Crippen molar-refractivity contribution in [3.63, 3.8) is 0 Å². The topological polar surface area (TPSA) is 29.5 Å². The highest BCUT2D eigenvalue weighted by Crippen LogP contribution is 2.55. The van der Waals surface area contributed by atoms with E-state index < -0.39 is 0 Å². The Morgan fingerprint density at radius 2 is 2.05 bits per heavy atom. The zero-order valence-corrected chi connectivity index (χ0v) is 13.7. The Bertz CT molecular complexity index is 521. The molecule has 4 unspecified atom stereocenters. The number of rotatable bonds is 3. The van der Waals surface area contributed by atoms with E-state index in [0.717, 1.165) is 24.2 Å². The van der Waals surface area contributed by atoms with Gasteiger partial charge >= 0.3 is 0 Å². The fourth-order valence-electron chi connectivity index (χ4n) is 4.39. The molecule has 0 bridgehead atoms. The van der Waals surface area contributed by atoms with E-state index in [2.05, 4.69) is 33.8 Å². The molecule has 2 heteroatoms. The van der Waals surface area contributed by atoms with E-state index in [1.54, 1.807) is 0 Å². The van der Waals surface area contributed by atoms with E-state index in [1.807, 2.05) is 6.07 Å². The normalized spacial score (nSPS) is 30.9. The number of aryl methyl sites for hydroxylation is 1. The van der Waals surface area contributed by atoms with Gasteiger partial charge in [0.15, 0.2) is 0 Å². The lowest BCUT2D eigenvalue weighted by Gasteiger charge is -2.39. The number of benzene rings is 1. The minimum atomic E-state index is 0.254. The van der Waals surface area contributed by atoms with Crippen LogP contribution in [0.4, 0.5) is 0 Å². The number of phenols is 1. The van der Waals surface area contributed by atoms with E-state index in [1.165, 1.54) is 18.4 Å². The summed E-state index contributed by atoms with van der Waals surface area (Å²) in [6, 6.07) is 4.13. The summed E-state index contributed by atoms with van der Waals surface area (Å²) in [6.07, 6.45) is 4.84. The van der Waals surface area contributed by atoms with Gasteiger partial charge in [0.2, 0.25) is 0 Å². The van der Waals surface area contributed by atoms with Gasteiger partial charge in [-0.3, -0.25) is 0 Å². The van der Waals surface area contributed by atoms with Gasteiger partial charge in [-0.2, -0.15) is 0 Å². The van der Waals surface area contributed by atoms with Crippen molar-refractivity contribution in [2.24, 2.45) is 17.8 Å². The standard InChI is InChI=1S/C19H28O2/c1-5-6-13-9-15(20)18-16(10-13)21-19-12(4)7-8-14(11(2)3)17(18)19/h9-12,14,17,19-20H,5-8H2,1-4H3. The average Bonchev–Trinajstić information content (AvgIpc) is 2.79. The molecular formula is C19H28O2. The van der Waals surface area contributed by atoms with E-state index in [0.29, 0.717) is 29.4 Å². The van der Waals surface area contributed by atoms with Crippen LogP contribution in [0.5, 0.6) is 11.5 Å². The van der Waals surface area contributed by atoms with E-state index in [4.69, 9.17) is 4.74 Å². The first-order valence-electron chi connectivity index (χ1n) is 8.55. The predicted molar refractivity (Wildman–Crippen MR) is 86.0 cm³/mol. The number of ether oxygens (including phenoxy) is 1. The average molecular weight is 288 g/mol. The Balaban J connectivity index is 2.03. The number of fused-ring (bicyclic) bond motifs is 3. The molecule has 0 amide bonds. The Morgan fingerprint density at radius 1 is 1.29 bits per heavy atom. The molecule has 116 valence electrons. The molecule has 2 aliphatic rings. The Labute approximate surface area is 128 Å². The molecule has 0 aromatic heterocycles. The summed E-state index contributed by atoms with van der Waals surface area (Å²) in [5.74, 6) is 3.62. The highest BCUT2D eigenvalue weighted by atomic mass is 16.5. The molecule has 1 aliphatic heterocycles. The van der Waals surface area contributed by atoms with Crippen molar-refractivity contribution in [3.05, 3.63) is 23.3 Å². The second-order valence-electron chi connectivity index (χ2n) is 7.35. The largest absolute Gasteiger partial charge is 0.508 e. The third kappa shape index (κ3) is 2.43. The maximum absolute atomic E-state index is 10.6. The minimum absolute atomic E-state index is 0.254. The van der Waals surface area contributed by atoms with Gasteiger partial charge in [0.1, 0.15) is 17.6 Å². The van der Waals surface area contributed by atoms with Gasteiger partial charge in [0.05, 0.1) is 0 Å². The maximum Gasteiger partial charge on any atom is 0.127 e. The van der Waals surface area contributed by atoms with Gasteiger partial charge in [-0.05, 0) is 54.7 Å². The number of hydrogen-bond donors (Lipinski definition) is 1. The lowest BCUT2D eigenvalue weighted by molar-refractivity contribution is 0.0602. The molecule has 1 aromatic carbocycles. The van der Waals surface area contributed by atoms with Gasteiger partial charge in [-0.15, -0.1) is 0 Å². The molecule has 3 rings (SSSR count). The second-order valence-corrected chi connectivity index (χ2v) is 7.35. The van der Waals surface area contributed by atoms with Crippen LogP contribution in [0, 0.1) is 17.8 Å². The van der Waals surface area contributed by atoms with Crippen molar-refractivity contribution >= 4 is 0 Å². The molecule has 1 N–H and O–H groups in total. The van der Waals surface area contributed by atoms with Crippen LogP contribution in [-0.4, -0.2) is 11.2 Å². The van der Waals surface area contributed by atoms with Crippen LogP contribution in [-0.2, 0) is 6.42 Å². The summed E-state index contributed by atoms with van der Waals surface area (Å²) in [5.41, 5.74) is 2.28. The summed E-state index contributed by atoms with van der Waals surface area (Å²) in [7, 11) is 0. The fourth-order valence-corrected chi connectivity index (χ4v) is 4.39. The van der Waals surface area contributed by atoms with E-state index in [9.17, 15) is 5.11 Å². The molecule has 4 atom stereocenters. The lowest BCUT2D eigenvalue weighted by atomic mass is 9.66. The van der Waals surface area contributed by atoms with Crippen molar-refractivity contribution < 1.29 is 9.84 Å². The van der Waals surface area contributed by atoms with E-state index >= 15 is 0 Å². The SMILES string of the molecule is CCCc1cc(O)c2c(c1)OC1C(C)CCC(C(C)C)C21. The van der Waals surface area contributed by atoms with Crippen molar-refractivity contribution in [2.45, 2.75) is 65.4 Å². The smallest absolute Gasteiger partial charge is 0.127 e. The zero-order valence-electron chi connectivity index (χ0n) is 13.7. The van der Waals surface area contributed by atoms with Gasteiger partial charge in [0.25, 0.3) is 0 Å². The van der Waals surface area contributed by atoms with Crippen LogP contribution >= 0.6 is 0 Å². The van der Waals surface area contributed by atoms with Gasteiger partial charge in [0, 0.05) is 11.5 Å². The van der Waals surface area contributed by atoms with Crippen LogP contribution in [0.1, 0.15) is 64.0 Å². The Kier molecular flexibility index (Phi) is 3.90. The van der Waals surface area contributed by atoms with Gasteiger partial charge < -0.3 is 9.84 Å². The van der Waals surface area contributed by atoms with Crippen molar-refractivity contribution in [2.75, 3.05) is 0 Å². The summed E-state index contributed by atoms with van der Waals surface area (Å²) in [5, 5.41) is 10.6. The van der Waals surface area contributed by atoms with Crippen molar-refractivity contribution in [3.8, 4) is 11.5 Å². The predicted octanol–water partition coefficient (Wildman–Crippen LogP) is 4.89. The van der Waals surface area contributed by atoms with Gasteiger partial charge in [-0.25, -0.2) is 0 Å². The van der Waals surface area contributed by atoms with Crippen LogP contribution in [0.25, 0.3) is 0 Å². The monoisotopic (exact) mass is 288 g/mol. The van der Waals surface area contributed by atoms with Crippen LogP contribution in [0.15, 0.2) is 12.1 Å². The van der Waals surface area contributed by atoms with Crippen LogP contribution in [0.3, 0.4) is 0 Å². The zero-order chi connectivity index (χ0) is 15.1. The van der Waals surface area contributed by atoms with Crippen molar-refractivity contribution in [1.29, 1.82) is 0 Å². The second kappa shape index (κ2) is 5.55. The van der Waals surface area contributed by atoms with E-state index in [-0.39, 0.29) is 6.10 Å². The molecule has 1 aliphatic carbocycles. The Hall–Kier alpha value is -1.18. The number of phenolic OH excluding ortho intramolecular Hbond substituents is 1. The first kappa shape index (κ1) is 14.7. The summed E-state index contributed by atoms with van der Waals surface area (Å²) in [4.78, 5) is 0. The third-order valence-electron chi connectivity index (χ3n) is 5.50. The molecule has 21 heavy (non-hydrogen) atoms. The van der Waals surface area contributed by atoms with Crippen LogP contribution in [0.2, 0.25) is 0 Å². The van der Waals surface area contributed by atoms with Crippen LogP contribution < -0.4 is 4.74 Å². The molecule has 0 radical (unpaired) electrons. The molecular weight excluding hydrogens is 260 g/mol. The maximum atomic E-state index is 10.6. The quantitative estimate of drug-likeness (QED) is 0.858. The van der Waals surface area contributed by atoms with Gasteiger partial charge in [-0.1, -0.05) is 34.1 Å². The molecule has 0 saturated heterocycles. The molecule has 1 aromatic rings. The molecule has 1 saturated carbocycles. The summed E-state index contributed by atoms with van der Waals surface area (Å²) >= 11 is 0. The number of aromatic hydroxyl groups is 1. The third-order valence-corrected chi connectivity index (χ3v) is 5.50. The first-order valence-corrected chi connectivity index (χ1v) is 8.55.